The molecule has 0 aliphatic carbocycles. The number of nitrogens with zero attached hydrogens (tertiary/aromatic N) is 6. The van der Waals surface area contributed by atoms with Gasteiger partial charge in [0.25, 0.3) is 0 Å². The summed E-state index contributed by atoms with van der Waals surface area (Å²) in [5.74, 6) is -0.442. The fourth-order valence-corrected chi connectivity index (χ4v) is 5.84. The van der Waals surface area contributed by atoms with Crippen LogP contribution in [0.3, 0.4) is 0 Å². The maximum atomic E-state index is 12.5. The van der Waals surface area contributed by atoms with Gasteiger partial charge >= 0.3 is 29.6 Å². The summed E-state index contributed by atoms with van der Waals surface area (Å²) in [5, 5.41) is 21.0. The molecule has 2 aromatic heterocycles. The summed E-state index contributed by atoms with van der Waals surface area (Å²) in [4.78, 5) is 19.6. The summed E-state index contributed by atoms with van der Waals surface area (Å²) >= 11 is 0. The number of aromatic nitrogens is 5. The van der Waals surface area contributed by atoms with Crippen molar-refractivity contribution in [1.29, 1.82) is 0 Å². The van der Waals surface area contributed by atoms with Gasteiger partial charge < -0.3 is 14.5 Å². The quantitative estimate of drug-likeness (QED) is 0.309. The molecule has 200 valence electrons. The number of carboxylic acid groups (broad SMARTS) is 1. The first-order valence-corrected chi connectivity index (χ1v) is 13.5. The molecule has 0 bridgehead atoms. The zero-order chi connectivity index (χ0) is 27.0. The molecule has 1 aliphatic heterocycles. The van der Waals surface area contributed by atoms with Gasteiger partial charge in [0, 0.05) is 43.3 Å². The molecule has 0 amide bonds. The second kappa shape index (κ2) is 11.9. The number of imidazole rings is 1. The van der Waals surface area contributed by atoms with E-state index < -0.39 is 17.3 Å². The number of carboxylic acids is 1. The first kappa shape index (κ1) is 29.5. The van der Waals surface area contributed by atoms with Crippen LogP contribution in [0, 0.1) is 19.3 Å². The molecule has 1 saturated heterocycles. The Balaban J connectivity index is 0.00000353. The van der Waals surface area contributed by atoms with E-state index >= 15 is 0 Å². The average molecular weight is 537 g/mol. The minimum Gasteiger partial charge on any atom is -0.550 e. The number of carbonyl (C=O) groups excluding carboxylic acids is 1. The second-order valence-corrected chi connectivity index (χ2v) is 11.3. The molecular formula is C30H37N6NaO2. The Labute approximate surface area is 252 Å². The van der Waals surface area contributed by atoms with Crippen molar-refractivity contribution in [2.45, 2.75) is 66.0 Å². The van der Waals surface area contributed by atoms with E-state index in [-0.39, 0.29) is 29.6 Å². The van der Waals surface area contributed by atoms with E-state index in [0.717, 1.165) is 64.3 Å². The summed E-state index contributed by atoms with van der Waals surface area (Å²) in [6.45, 7) is 11.4. The number of benzene rings is 2. The third-order valence-electron chi connectivity index (χ3n) is 8.30. The molecule has 2 aromatic carbocycles. The molecule has 5 rings (SSSR count). The van der Waals surface area contributed by atoms with Crippen LogP contribution in [0.25, 0.3) is 11.0 Å². The van der Waals surface area contributed by atoms with E-state index in [4.69, 9.17) is 0 Å². The van der Waals surface area contributed by atoms with Gasteiger partial charge in [0.05, 0.1) is 12.1 Å². The molecule has 1 atom stereocenters. The molecule has 1 aliphatic rings. The van der Waals surface area contributed by atoms with Crippen molar-refractivity contribution in [3.05, 3.63) is 76.4 Å². The van der Waals surface area contributed by atoms with Crippen LogP contribution in [0.5, 0.6) is 0 Å². The molecule has 0 N–H and O–H groups in total. The van der Waals surface area contributed by atoms with Gasteiger partial charge in [-0.2, -0.15) is 0 Å². The smallest absolute Gasteiger partial charge is 0.550 e. The van der Waals surface area contributed by atoms with Gasteiger partial charge in [-0.05, 0) is 73.7 Å². The topological polar surface area (TPSA) is 91.9 Å². The fraction of sp³-hybridized carbons (Fsp3) is 0.467. The van der Waals surface area contributed by atoms with Gasteiger partial charge in [0.1, 0.15) is 11.3 Å². The largest absolute Gasteiger partial charge is 1.00 e. The first-order valence-electron chi connectivity index (χ1n) is 13.5. The van der Waals surface area contributed by atoms with E-state index in [2.05, 4.69) is 49.9 Å². The molecule has 8 nitrogen and oxygen atoms in total. The van der Waals surface area contributed by atoms with Crippen molar-refractivity contribution in [3.63, 3.8) is 0 Å². The molecule has 0 radical (unpaired) electrons. The number of rotatable bonds is 8. The number of aryl methyl sites for hydroxylation is 3. The molecule has 39 heavy (non-hydrogen) atoms. The third kappa shape index (κ3) is 5.85. The van der Waals surface area contributed by atoms with Crippen molar-refractivity contribution in [3.8, 4) is 0 Å². The maximum absolute atomic E-state index is 12.5. The van der Waals surface area contributed by atoms with E-state index in [1.807, 2.05) is 38.5 Å². The number of hydrogen-bond acceptors (Lipinski definition) is 6. The summed E-state index contributed by atoms with van der Waals surface area (Å²) in [6, 6.07) is 10.3. The van der Waals surface area contributed by atoms with Crippen molar-refractivity contribution in [1.82, 2.24) is 29.4 Å². The Bertz CT molecular complexity index is 1470. The van der Waals surface area contributed by atoms with Crippen LogP contribution in [0.2, 0.25) is 0 Å². The summed E-state index contributed by atoms with van der Waals surface area (Å²) in [5.41, 5.74) is 5.69. The standard InChI is InChI=1S/C30H38N6O2.Na/c1-20-9-10-22(17-23(20)18-36-16-13-31-26(36)19-35-14-7-6-8-15-35)27(30(3,4)29(37)38)24-11-12-25-28(21(24)2)32-33-34(25)5;/h9-13,16-17,27H,6-8,14-15,18-19H2,1-5H3,(H,37,38);/q;+1/p-1. The van der Waals surface area contributed by atoms with Gasteiger partial charge in [-0.25, -0.2) is 9.67 Å². The fourth-order valence-electron chi connectivity index (χ4n) is 5.84. The first-order chi connectivity index (χ1) is 18.2. The van der Waals surface area contributed by atoms with Crippen molar-refractivity contribution in [2.24, 2.45) is 12.5 Å². The van der Waals surface area contributed by atoms with Crippen molar-refractivity contribution < 1.29 is 39.5 Å². The van der Waals surface area contributed by atoms with Gasteiger partial charge in [-0.3, -0.25) is 4.90 Å². The Hall–Kier alpha value is -2.52. The maximum Gasteiger partial charge on any atom is 1.00 e. The average Bonchev–Trinajstić information content (AvgIpc) is 3.49. The van der Waals surface area contributed by atoms with Crippen LogP contribution in [0.4, 0.5) is 0 Å². The minimum atomic E-state index is -1.15. The molecule has 0 spiro atoms. The number of piperidine rings is 1. The Morgan fingerprint density at radius 2 is 1.82 bits per heavy atom. The van der Waals surface area contributed by atoms with Gasteiger partial charge in [-0.15, -0.1) is 5.10 Å². The molecule has 0 saturated carbocycles. The zero-order valence-corrected chi connectivity index (χ0v) is 26.1. The monoisotopic (exact) mass is 536 g/mol. The number of likely N-dealkylation sites (tertiary alicyclic amines) is 1. The van der Waals surface area contributed by atoms with Gasteiger partial charge in [-0.1, -0.05) is 49.7 Å². The molecule has 1 fully saturated rings. The van der Waals surface area contributed by atoms with Crippen molar-refractivity contribution >= 4 is 17.0 Å². The molecule has 3 heterocycles. The van der Waals surface area contributed by atoms with Crippen LogP contribution in [-0.4, -0.2) is 48.5 Å². The summed E-state index contributed by atoms with van der Waals surface area (Å²) in [6.07, 6.45) is 7.72. The van der Waals surface area contributed by atoms with Gasteiger partial charge in [0.2, 0.25) is 0 Å². The molecule has 1 unspecified atom stereocenters. The van der Waals surface area contributed by atoms with Crippen LogP contribution < -0.4 is 34.7 Å². The Kier molecular flexibility index (Phi) is 9.01. The normalized spacial score (nSPS) is 15.3. The number of fused-ring (bicyclic) bond motifs is 1. The van der Waals surface area contributed by atoms with Crippen LogP contribution in [0.1, 0.15) is 72.7 Å². The Morgan fingerprint density at radius 1 is 1.08 bits per heavy atom. The number of hydrogen-bond donors (Lipinski definition) is 0. The second-order valence-electron chi connectivity index (χ2n) is 11.3. The SMILES string of the molecule is Cc1ccc(C(c2ccc3c(nnn3C)c2C)C(C)(C)C(=O)[O-])cc1Cn1ccnc1CN1CCCCC1.[Na+]. The summed E-state index contributed by atoms with van der Waals surface area (Å²) in [7, 11) is 1.86. The predicted octanol–water partition coefficient (Wildman–Crippen LogP) is 0.728. The van der Waals surface area contributed by atoms with Crippen LogP contribution in [0.15, 0.2) is 42.7 Å². The minimum absolute atomic E-state index is 0. The van der Waals surface area contributed by atoms with E-state index in [0.29, 0.717) is 6.54 Å². The predicted molar refractivity (Wildman–Crippen MR) is 146 cm³/mol. The molecule has 4 aromatic rings. The Morgan fingerprint density at radius 3 is 2.54 bits per heavy atom. The number of aliphatic carboxylic acids is 1. The summed E-state index contributed by atoms with van der Waals surface area (Å²) < 4.78 is 3.96. The third-order valence-corrected chi connectivity index (χ3v) is 8.30. The molecular weight excluding hydrogens is 499 g/mol. The van der Waals surface area contributed by atoms with Crippen LogP contribution >= 0.6 is 0 Å². The van der Waals surface area contributed by atoms with E-state index in [1.165, 1.54) is 19.3 Å². The molecule has 9 heteroatoms. The van der Waals surface area contributed by atoms with Gasteiger partial charge in [0.15, 0.2) is 0 Å². The van der Waals surface area contributed by atoms with Crippen molar-refractivity contribution in [2.75, 3.05) is 13.1 Å². The zero-order valence-electron chi connectivity index (χ0n) is 24.1. The van der Waals surface area contributed by atoms with Crippen LogP contribution in [-0.2, 0) is 24.9 Å². The van der Waals surface area contributed by atoms with E-state index in [1.54, 1.807) is 18.5 Å². The number of carbonyl (C=O) groups is 1. The van der Waals surface area contributed by atoms with E-state index in [9.17, 15) is 9.90 Å².